The van der Waals surface area contributed by atoms with Crippen LogP contribution < -0.4 is 14.4 Å². The zero-order chi connectivity index (χ0) is 28.6. The number of ether oxygens (including phenoxy) is 1. The monoisotopic (exact) mass is 575 g/mol. The molecule has 3 rings (SSSR count). The van der Waals surface area contributed by atoms with Crippen LogP contribution >= 0.6 is 11.6 Å². The van der Waals surface area contributed by atoms with Gasteiger partial charge in [-0.25, -0.2) is 12.8 Å². The molecular formula is C28H31ClFN3O5S. The lowest BCUT2D eigenvalue weighted by atomic mass is 10.1. The van der Waals surface area contributed by atoms with Gasteiger partial charge in [0.05, 0.1) is 17.2 Å². The topological polar surface area (TPSA) is 96.0 Å². The lowest BCUT2D eigenvalue weighted by Gasteiger charge is -2.32. The molecule has 0 spiro atoms. The molecule has 0 radical (unpaired) electrons. The van der Waals surface area contributed by atoms with Crippen LogP contribution in [0.25, 0.3) is 0 Å². The highest BCUT2D eigenvalue weighted by atomic mass is 35.5. The van der Waals surface area contributed by atoms with Crippen LogP contribution in [0.5, 0.6) is 5.75 Å². The van der Waals surface area contributed by atoms with E-state index in [0.29, 0.717) is 11.6 Å². The van der Waals surface area contributed by atoms with Gasteiger partial charge in [-0.1, -0.05) is 41.9 Å². The van der Waals surface area contributed by atoms with Gasteiger partial charge in [0.2, 0.25) is 11.8 Å². The number of anilines is 1. The van der Waals surface area contributed by atoms with Crippen LogP contribution in [0.4, 0.5) is 10.1 Å². The summed E-state index contributed by atoms with van der Waals surface area (Å²) in [5, 5.41) is 3.01. The molecule has 2 amide bonds. The van der Waals surface area contributed by atoms with E-state index in [1.54, 1.807) is 38.1 Å². The van der Waals surface area contributed by atoms with E-state index in [0.717, 1.165) is 9.21 Å². The Labute approximate surface area is 233 Å². The van der Waals surface area contributed by atoms with E-state index in [1.807, 2.05) is 0 Å². The standard InChI is InChI=1S/C28H31ClFN3O5S/c1-4-31-28(35)20(3)32(18-21-10-6-7-11-24(21)30)27(34)19-33(25-12-8-9-13-26(25)38-5-2)39(36,37)23-16-14-22(29)15-17-23/h6-17,20H,4-5,18-19H2,1-3H3,(H,31,35). The second-order valence-electron chi connectivity index (χ2n) is 8.55. The predicted molar refractivity (Wildman–Crippen MR) is 149 cm³/mol. The first kappa shape index (κ1) is 29.9. The quantitative estimate of drug-likeness (QED) is 0.340. The molecule has 0 saturated heterocycles. The minimum Gasteiger partial charge on any atom is -0.492 e. The highest BCUT2D eigenvalue weighted by molar-refractivity contribution is 7.92. The number of carbonyl (C=O) groups excluding carboxylic acids is 2. The fraction of sp³-hybridized carbons (Fsp3) is 0.286. The van der Waals surface area contributed by atoms with Gasteiger partial charge in [-0.3, -0.25) is 13.9 Å². The minimum atomic E-state index is -4.30. The number of para-hydroxylation sites is 2. The first-order valence-corrected chi connectivity index (χ1v) is 14.2. The number of benzene rings is 3. The summed E-state index contributed by atoms with van der Waals surface area (Å²) in [6.07, 6.45) is 0. The van der Waals surface area contributed by atoms with E-state index >= 15 is 0 Å². The Morgan fingerprint density at radius 2 is 1.64 bits per heavy atom. The number of likely N-dealkylation sites (N-methyl/N-ethyl adjacent to an activating group) is 1. The summed E-state index contributed by atoms with van der Waals surface area (Å²) in [7, 11) is -4.30. The third-order valence-corrected chi connectivity index (χ3v) is 7.96. The zero-order valence-corrected chi connectivity index (χ0v) is 23.5. The van der Waals surface area contributed by atoms with E-state index in [1.165, 1.54) is 55.5 Å². The van der Waals surface area contributed by atoms with E-state index in [-0.39, 0.29) is 35.0 Å². The average Bonchev–Trinajstić information content (AvgIpc) is 2.91. The van der Waals surface area contributed by atoms with Crippen LogP contribution in [0.1, 0.15) is 26.3 Å². The maximum Gasteiger partial charge on any atom is 0.264 e. The lowest BCUT2D eigenvalue weighted by Crippen LogP contribution is -2.51. The van der Waals surface area contributed by atoms with Crippen molar-refractivity contribution in [3.05, 3.63) is 89.2 Å². The van der Waals surface area contributed by atoms with Gasteiger partial charge in [-0.05, 0) is 63.2 Å². The molecule has 1 unspecified atom stereocenters. The third kappa shape index (κ3) is 7.27. The van der Waals surface area contributed by atoms with E-state index in [4.69, 9.17) is 16.3 Å². The van der Waals surface area contributed by atoms with Crippen molar-refractivity contribution >= 4 is 39.1 Å². The van der Waals surface area contributed by atoms with Gasteiger partial charge in [-0.15, -0.1) is 0 Å². The van der Waals surface area contributed by atoms with Crippen molar-refractivity contribution in [2.45, 2.75) is 38.3 Å². The number of rotatable bonds is 12. The number of amides is 2. The summed E-state index contributed by atoms with van der Waals surface area (Å²) in [6.45, 7) is 4.66. The van der Waals surface area contributed by atoms with Crippen molar-refractivity contribution in [1.82, 2.24) is 10.2 Å². The average molecular weight is 576 g/mol. The second kappa shape index (κ2) is 13.4. The summed E-state index contributed by atoms with van der Waals surface area (Å²) < 4.78 is 49.0. The molecule has 3 aromatic carbocycles. The van der Waals surface area contributed by atoms with Crippen LogP contribution in [0.3, 0.4) is 0 Å². The van der Waals surface area contributed by atoms with Crippen molar-refractivity contribution in [3.63, 3.8) is 0 Å². The molecular weight excluding hydrogens is 545 g/mol. The van der Waals surface area contributed by atoms with E-state index in [9.17, 15) is 22.4 Å². The summed E-state index contributed by atoms with van der Waals surface area (Å²) in [6, 6.07) is 16.9. The SMILES string of the molecule is CCNC(=O)C(C)N(Cc1ccccc1F)C(=O)CN(c1ccccc1OCC)S(=O)(=O)c1ccc(Cl)cc1. The van der Waals surface area contributed by atoms with Crippen LogP contribution in [0.2, 0.25) is 5.02 Å². The van der Waals surface area contributed by atoms with Crippen LogP contribution in [0, 0.1) is 5.82 Å². The van der Waals surface area contributed by atoms with Gasteiger partial charge in [0.15, 0.2) is 0 Å². The molecule has 0 aromatic heterocycles. The maximum absolute atomic E-state index is 14.6. The van der Waals surface area contributed by atoms with Gasteiger partial charge < -0.3 is 15.0 Å². The predicted octanol–water partition coefficient (Wildman–Crippen LogP) is 4.63. The van der Waals surface area contributed by atoms with Crippen LogP contribution in [0.15, 0.2) is 77.7 Å². The molecule has 39 heavy (non-hydrogen) atoms. The third-order valence-electron chi connectivity index (χ3n) is 5.93. The molecule has 0 fully saturated rings. The van der Waals surface area contributed by atoms with E-state index < -0.39 is 40.2 Å². The molecule has 0 heterocycles. The first-order valence-electron chi connectivity index (χ1n) is 12.4. The van der Waals surface area contributed by atoms with Gasteiger partial charge in [-0.2, -0.15) is 0 Å². The largest absolute Gasteiger partial charge is 0.492 e. The summed E-state index contributed by atoms with van der Waals surface area (Å²) in [5.74, 6) is -1.46. The minimum absolute atomic E-state index is 0.0940. The molecule has 0 saturated carbocycles. The molecule has 0 aliphatic heterocycles. The van der Waals surface area contributed by atoms with Crippen molar-refractivity contribution in [1.29, 1.82) is 0 Å². The smallest absolute Gasteiger partial charge is 0.264 e. The molecule has 3 aromatic rings. The highest BCUT2D eigenvalue weighted by Gasteiger charge is 2.34. The van der Waals surface area contributed by atoms with Crippen molar-refractivity contribution in [3.8, 4) is 5.75 Å². The van der Waals surface area contributed by atoms with Gasteiger partial charge in [0.25, 0.3) is 10.0 Å². The number of hydrogen-bond donors (Lipinski definition) is 1. The number of hydrogen-bond acceptors (Lipinski definition) is 5. The molecule has 11 heteroatoms. The van der Waals surface area contributed by atoms with Crippen molar-refractivity contribution in [2.24, 2.45) is 0 Å². The normalized spacial score (nSPS) is 11.9. The number of nitrogens with zero attached hydrogens (tertiary/aromatic N) is 2. The Kier molecular flexibility index (Phi) is 10.3. The van der Waals surface area contributed by atoms with Crippen molar-refractivity contribution in [2.75, 3.05) is 24.0 Å². The molecule has 1 atom stereocenters. The Hall–Kier alpha value is -3.63. The number of nitrogens with one attached hydrogen (secondary N) is 1. The zero-order valence-electron chi connectivity index (χ0n) is 21.9. The van der Waals surface area contributed by atoms with Crippen molar-refractivity contribution < 1.29 is 27.1 Å². The Balaban J connectivity index is 2.09. The van der Waals surface area contributed by atoms with Gasteiger partial charge in [0, 0.05) is 23.7 Å². The van der Waals surface area contributed by atoms with Crippen LogP contribution in [-0.4, -0.2) is 50.9 Å². The van der Waals surface area contributed by atoms with Crippen LogP contribution in [-0.2, 0) is 26.2 Å². The number of sulfonamides is 1. The molecule has 8 nitrogen and oxygen atoms in total. The second-order valence-corrected chi connectivity index (χ2v) is 10.8. The Morgan fingerprint density at radius 3 is 2.28 bits per heavy atom. The fourth-order valence-corrected chi connectivity index (χ4v) is 5.45. The first-order chi connectivity index (χ1) is 18.6. The fourth-order valence-electron chi connectivity index (χ4n) is 3.90. The summed E-state index contributed by atoms with van der Waals surface area (Å²) >= 11 is 5.97. The summed E-state index contributed by atoms with van der Waals surface area (Å²) in [5.41, 5.74) is 0.322. The Morgan fingerprint density at radius 1 is 1.00 bits per heavy atom. The number of halogens is 2. The molecule has 0 aliphatic carbocycles. The number of carbonyl (C=O) groups is 2. The molecule has 208 valence electrons. The maximum atomic E-state index is 14.6. The molecule has 0 aliphatic rings. The molecule has 1 N–H and O–H groups in total. The van der Waals surface area contributed by atoms with Gasteiger partial charge >= 0.3 is 0 Å². The molecule has 0 bridgehead atoms. The highest BCUT2D eigenvalue weighted by Crippen LogP contribution is 2.33. The summed E-state index contributed by atoms with van der Waals surface area (Å²) in [4.78, 5) is 27.7. The van der Waals surface area contributed by atoms with Gasteiger partial charge in [0.1, 0.15) is 24.2 Å². The van der Waals surface area contributed by atoms with E-state index in [2.05, 4.69) is 5.32 Å². The Bertz CT molecular complexity index is 1400. The lowest BCUT2D eigenvalue weighted by molar-refractivity contribution is -0.139.